The van der Waals surface area contributed by atoms with E-state index in [1.807, 2.05) is 37.3 Å². The molecule has 0 saturated carbocycles. The number of amides is 1. The molecule has 2 N–H and O–H groups in total. The summed E-state index contributed by atoms with van der Waals surface area (Å²) in [5.41, 5.74) is 3.19. The standard InChI is InChI=1S/C28H18Cl2N2O4S/c1-15-9-10-16(19-13-17-5-2-3-8-22(17)36-27(19)34)14-21(15)31-28(37)32-26(33)24-12-11-23(35-24)18-6-4-7-20(29)25(18)30/h2-14H,1H3,(H2,31,32,33,37). The number of halogens is 2. The number of para-hydroxylation sites is 1. The number of furan rings is 1. The largest absolute Gasteiger partial charge is 0.451 e. The van der Waals surface area contributed by atoms with E-state index in [0.29, 0.717) is 43.8 Å². The third-order valence-electron chi connectivity index (χ3n) is 5.71. The summed E-state index contributed by atoms with van der Waals surface area (Å²) in [5.74, 6) is -0.0883. The van der Waals surface area contributed by atoms with Gasteiger partial charge in [-0.05, 0) is 72.7 Å². The Hall–Kier alpha value is -3.91. The van der Waals surface area contributed by atoms with Crippen LogP contribution >= 0.6 is 35.4 Å². The highest BCUT2D eigenvalue weighted by Crippen LogP contribution is 2.34. The molecule has 3 aromatic carbocycles. The molecule has 2 heterocycles. The van der Waals surface area contributed by atoms with Crippen LogP contribution in [0.1, 0.15) is 16.1 Å². The Balaban J connectivity index is 1.33. The van der Waals surface area contributed by atoms with E-state index in [0.717, 1.165) is 10.9 Å². The zero-order chi connectivity index (χ0) is 26.1. The minimum Gasteiger partial charge on any atom is -0.451 e. The van der Waals surface area contributed by atoms with E-state index < -0.39 is 11.5 Å². The Morgan fingerprint density at radius 2 is 1.70 bits per heavy atom. The fraction of sp³-hybridized carbons (Fsp3) is 0.0357. The number of thiocarbonyl (C=S) groups is 1. The smallest absolute Gasteiger partial charge is 0.344 e. The first-order valence-corrected chi connectivity index (χ1v) is 12.3. The van der Waals surface area contributed by atoms with Crippen molar-refractivity contribution in [2.75, 3.05) is 5.32 Å². The van der Waals surface area contributed by atoms with Gasteiger partial charge < -0.3 is 14.2 Å². The molecule has 0 fully saturated rings. The van der Waals surface area contributed by atoms with Gasteiger partial charge in [0.25, 0.3) is 5.91 Å². The molecule has 0 radical (unpaired) electrons. The van der Waals surface area contributed by atoms with Crippen molar-refractivity contribution < 1.29 is 13.6 Å². The zero-order valence-corrected chi connectivity index (χ0v) is 21.6. The average molecular weight is 549 g/mol. The van der Waals surface area contributed by atoms with Crippen LogP contribution in [0.4, 0.5) is 5.69 Å². The van der Waals surface area contributed by atoms with E-state index in [1.165, 1.54) is 6.07 Å². The molecule has 5 aromatic rings. The van der Waals surface area contributed by atoms with Gasteiger partial charge in [0.2, 0.25) is 0 Å². The maximum absolute atomic E-state index is 12.7. The highest BCUT2D eigenvalue weighted by atomic mass is 35.5. The van der Waals surface area contributed by atoms with Gasteiger partial charge in [0.05, 0.1) is 15.6 Å². The van der Waals surface area contributed by atoms with Gasteiger partial charge >= 0.3 is 5.63 Å². The molecule has 0 bridgehead atoms. The molecule has 0 aliphatic carbocycles. The summed E-state index contributed by atoms with van der Waals surface area (Å²) in [6.45, 7) is 1.88. The van der Waals surface area contributed by atoms with E-state index in [2.05, 4.69) is 10.6 Å². The monoisotopic (exact) mass is 548 g/mol. The van der Waals surface area contributed by atoms with Crippen LogP contribution in [-0.4, -0.2) is 11.0 Å². The van der Waals surface area contributed by atoms with Gasteiger partial charge in [0, 0.05) is 16.6 Å². The average Bonchev–Trinajstić information content (AvgIpc) is 3.37. The number of carbonyl (C=O) groups excluding carboxylic acids is 1. The van der Waals surface area contributed by atoms with Gasteiger partial charge in [0.15, 0.2) is 10.9 Å². The molecule has 37 heavy (non-hydrogen) atoms. The number of hydrogen-bond donors (Lipinski definition) is 2. The summed E-state index contributed by atoms with van der Waals surface area (Å²) in [7, 11) is 0. The number of rotatable bonds is 4. The van der Waals surface area contributed by atoms with Crippen LogP contribution in [0.15, 0.2) is 92.5 Å². The summed E-state index contributed by atoms with van der Waals surface area (Å²) in [5, 5.41) is 7.21. The Bertz CT molecular complexity index is 1740. The molecule has 5 rings (SSSR count). The minimum atomic E-state index is -0.536. The van der Waals surface area contributed by atoms with Crippen LogP contribution in [0.3, 0.4) is 0 Å². The fourth-order valence-corrected chi connectivity index (χ4v) is 4.40. The predicted octanol–water partition coefficient (Wildman–Crippen LogP) is 7.46. The van der Waals surface area contributed by atoms with Crippen LogP contribution in [0.25, 0.3) is 33.4 Å². The fourth-order valence-electron chi connectivity index (χ4n) is 3.80. The number of carbonyl (C=O) groups is 1. The molecule has 0 atom stereocenters. The van der Waals surface area contributed by atoms with Gasteiger partial charge in [-0.2, -0.15) is 0 Å². The second-order valence-corrected chi connectivity index (χ2v) is 9.38. The van der Waals surface area contributed by atoms with Crippen molar-refractivity contribution in [3.63, 3.8) is 0 Å². The lowest BCUT2D eigenvalue weighted by atomic mass is 10.0. The van der Waals surface area contributed by atoms with Crippen molar-refractivity contribution in [1.29, 1.82) is 0 Å². The summed E-state index contributed by atoms with van der Waals surface area (Å²) < 4.78 is 11.1. The third kappa shape index (κ3) is 5.15. The van der Waals surface area contributed by atoms with Crippen molar-refractivity contribution in [3.05, 3.63) is 111 Å². The zero-order valence-electron chi connectivity index (χ0n) is 19.3. The van der Waals surface area contributed by atoms with Crippen LogP contribution < -0.4 is 16.3 Å². The number of benzene rings is 3. The molecule has 9 heteroatoms. The van der Waals surface area contributed by atoms with Crippen molar-refractivity contribution >= 4 is 63.1 Å². The molecule has 0 unspecified atom stereocenters. The van der Waals surface area contributed by atoms with Gasteiger partial charge in [-0.1, -0.05) is 59.6 Å². The van der Waals surface area contributed by atoms with Gasteiger partial charge in [-0.25, -0.2) is 4.79 Å². The maximum atomic E-state index is 12.7. The maximum Gasteiger partial charge on any atom is 0.344 e. The number of fused-ring (bicyclic) bond motifs is 1. The summed E-state index contributed by atoms with van der Waals surface area (Å²) in [4.78, 5) is 25.3. The lowest BCUT2D eigenvalue weighted by Gasteiger charge is -2.13. The molecule has 0 spiro atoms. The van der Waals surface area contributed by atoms with Gasteiger partial charge in [-0.15, -0.1) is 0 Å². The van der Waals surface area contributed by atoms with E-state index >= 15 is 0 Å². The lowest BCUT2D eigenvalue weighted by Crippen LogP contribution is -2.34. The Morgan fingerprint density at radius 3 is 2.54 bits per heavy atom. The molecular formula is C28H18Cl2N2O4S. The number of hydrogen-bond acceptors (Lipinski definition) is 5. The van der Waals surface area contributed by atoms with Crippen molar-refractivity contribution in [3.8, 4) is 22.5 Å². The third-order valence-corrected chi connectivity index (χ3v) is 6.74. The summed E-state index contributed by atoms with van der Waals surface area (Å²) >= 11 is 17.7. The molecular weight excluding hydrogens is 531 g/mol. The Kier molecular flexibility index (Phi) is 6.84. The second-order valence-electron chi connectivity index (χ2n) is 8.19. The highest BCUT2D eigenvalue weighted by molar-refractivity contribution is 7.80. The van der Waals surface area contributed by atoms with E-state index in [4.69, 9.17) is 44.3 Å². The minimum absolute atomic E-state index is 0.0504. The Labute approximate surface area is 226 Å². The van der Waals surface area contributed by atoms with Gasteiger partial charge in [-0.3, -0.25) is 10.1 Å². The first-order valence-electron chi connectivity index (χ1n) is 11.1. The van der Waals surface area contributed by atoms with E-state index in [-0.39, 0.29) is 10.9 Å². The molecule has 0 aliphatic rings. The quantitative estimate of drug-likeness (QED) is 0.179. The van der Waals surface area contributed by atoms with E-state index in [9.17, 15) is 9.59 Å². The summed E-state index contributed by atoms with van der Waals surface area (Å²) in [6.07, 6.45) is 0. The van der Waals surface area contributed by atoms with Crippen molar-refractivity contribution in [2.24, 2.45) is 0 Å². The first-order chi connectivity index (χ1) is 17.8. The molecule has 6 nitrogen and oxygen atoms in total. The normalized spacial score (nSPS) is 10.9. The SMILES string of the molecule is Cc1ccc(-c2cc3ccccc3oc2=O)cc1NC(=S)NC(=O)c1ccc(-c2cccc(Cl)c2Cl)o1. The van der Waals surface area contributed by atoms with Crippen LogP contribution in [0, 0.1) is 6.92 Å². The Morgan fingerprint density at radius 1 is 0.892 bits per heavy atom. The lowest BCUT2D eigenvalue weighted by molar-refractivity contribution is 0.0951. The summed E-state index contributed by atoms with van der Waals surface area (Å²) in [6, 6.07) is 22.9. The highest BCUT2D eigenvalue weighted by Gasteiger charge is 2.17. The molecule has 0 aliphatic heterocycles. The molecule has 2 aromatic heterocycles. The van der Waals surface area contributed by atoms with Crippen molar-refractivity contribution in [2.45, 2.75) is 6.92 Å². The predicted molar refractivity (Wildman–Crippen MR) is 151 cm³/mol. The van der Waals surface area contributed by atoms with Crippen molar-refractivity contribution in [1.82, 2.24) is 5.32 Å². The molecule has 0 saturated heterocycles. The first kappa shape index (κ1) is 24.8. The number of nitrogens with one attached hydrogen (secondary N) is 2. The van der Waals surface area contributed by atoms with Crippen LogP contribution in [0.5, 0.6) is 0 Å². The molecule has 1 amide bonds. The second kappa shape index (κ2) is 10.2. The number of aryl methyl sites for hydroxylation is 1. The topological polar surface area (TPSA) is 84.5 Å². The van der Waals surface area contributed by atoms with Crippen LogP contribution in [0.2, 0.25) is 10.0 Å². The van der Waals surface area contributed by atoms with E-state index in [1.54, 1.807) is 42.5 Å². The number of anilines is 1. The van der Waals surface area contributed by atoms with Gasteiger partial charge in [0.1, 0.15) is 11.3 Å². The van der Waals surface area contributed by atoms with Crippen LogP contribution in [-0.2, 0) is 0 Å². The molecule has 184 valence electrons.